The van der Waals surface area contributed by atoms with Crippen LogP contribution in [0.1, 0.15) is 5.56 Å². The van der Waals surface area contributed by atoms with E-state index in [9.17, 15) is 8.78 Å². The molecule has 1 aliphatic heterocycles. The van der Waals surface area contributed by atoms with Crippen LogP contribution in [-0.2, 0) is 6.42 Å². The lowest BCUT2D eigenvalue weighted by Crippen LogP contribution is -2.15. The molecule has 2 nitrogen and oxygen atoms in total. The first-order chi connectivity index (χ1) is 9.06. The Labute approximate surface area is 118 Å². The predicted octanol–water partition coefficient (Wildman–Crippen LogP) is 4.00. The van der Waals surface area contributed by atoms with Gasteiger partial charge in [0.2, 0.25) is 0 Å². The van der Waals surface area contributed by atoms with Crippen LogP contribution in [0.4, 0.5) is 25.8 Å². The summed E-state index contributed by atoms with van der Waals surface area (Å²) >= 11 is 3.15. The molecule has 19 heavy (non-hydrogen) atoms. The van der Waals surface area contributed by atoms with Crippen LogP contribution in [0.25, 0.3) is 0 Å². The van der Waals surface area contributed by atoms with Crippen LogP contribution in [0.15, 0.2) is 34.8 Å². The maximum Gasteiger partial charge on any atom is 0.139 e. The van der Waals surface area contributed by atoms with Gasteiger partial charge in [-0.2, -0.15) is 0 Å². The Balaban J connectivity index is 2.11. The minimum absolute atomic E-state index is 0.287. The van der Waals surface area contributed by atoms with Gasteiger partial charge in [-0.05, 0) is 46.1 Å². The molecule has 1 aliphatic rings. The number of nitrogens with two attached hydrogens (primary N) is 1. The highest BCUT2D eigenvalue weighted by Gasteiger charge is 2.23. The van der Waals surface area contributed by atoms with Crippen molar-refractivity contribution in [2.24, 2.45) is 0 Å². The first-order valence-corrected chi connectivity index (χ1v) is 6.66. The zero-order chi connectivity index (χ0) is 13.6. The Morgan fingerprint density at radius 2 is 1.89 bits per heavy atom. The zero-order valence-electron chi connectivity index (χ0n) is 9.96. The second-order valence-electron chi connectivity index (χ2n) is 4.50. The molecule has 0 spiro atoms. The number of halogens is 3. The largest absolute Gasteiger partial charge is 0.397 e. The SMILES string of the molecule is Nc1cc(F)c(Br)cc1N1CCc2ccc(F)cc21. The van der Waals surface area contributed by atoms with E-state index in [1.54, 1.807) is 12.1 Å². The molecule has 1 heterocycles. The van der Waals surface area contributed by atoms with Crippen LogP contribution < -0.4 is 10.6 Å². The van der Waals surface area contributed by atoms with E-state index < -0.39 is 5.82 Å². The van der Waals surface area contributed by atoms with Crippen LogP contribution in [0.2, 0.25) is 0 Å². The van der Waals surface area contributed by atoms with Gasteiger partial charge in [0, 0.05) is 18.3 Å². The quantitative estimate of drug-likeness (QED) is 0.803. The maximum atomic E-state index is 13.4. The van der Waals surface area contributed by atoms with Gasteiger partial charge in [0.15, 0.2) is 0 Å². The molecule has 0 amide bonds. The van der Waals surface area contributed by atoms with Crippen LogP contribution in [0, 0.1) is 11.6 Å². The molecule has 0 saturated carbocycles. The molecule has 3 rings (SSSR count). The number of benzene rings is 2. The molecular formula is C14H11BrF2N2. The molecule has 2 aromatic carbocycles. The molecule has 0 fully saturated rings. The lowest BCUT2D eigenvalue weighted by atomic mass is 10.1. The second-order valence-corrected chi connectivity index (χ2v) is 5.35. The lowest BCUT2D eigenvalue weighted by Gasteiger charge is -2.22. The average molecular weight is 325 g/mol. The summed E-state index contributed by atoms with van der Waals surface area (Å²) in [6, 6.07) is 7.62. The molecule has 2 aromatic rings. The van der Waals surface area contributed by atoms with Crippen LogP contribution in [-0.4, -0.2) is 6.54 Å². The molecular weight excluding hydrogens is 314 g/mol. The molecule has 0 radical (unpaired) electrons. The molecule has 0 unspecified atom stereocenters. The third-order valence-electron chi connectivity index (χ3n) is 3.30. The first-order valence-electron chi connectivity index (χ1n) is 5.87. The fourth-order valence-electron chi connectivity index (χ4n) is 2.39. The average Bonchev–Trinajstić information content (AvgIpc) is 2.76. The summed E-state index contributed by atoms with van der Waals surface area (Å²) in [5.74, 6) is -0.690. The standard InChI is InChI=1S/C14H11BrF2N2/c15-10-6-14(12(18)7-11(10)17)19-4-3-8-1-2-9(16)5-13(8)19/h1-2,5-7H,3-4,18H2. The van der Waals surface area contributed by atoms with E-state index in [0.29, 0.717) is 22.4 Å². The third-order valence-corrected chi connectivity index (χ3v) is 3.91. The fraction of sp³-hybridized carbons (Fsp3) is 0.143. The van der Waals surface area contributed by atoms with Crippen LogP contribution >= 0.6 is 15.9 Å². The number of fused-ring (bicyclic) bond motifs is 1. The summed E-state index contributed by atoms with van der Waals surface area (Å²) in [5.41, 5.74) is 8.77. The summed E-state index contributed by atoms with van der Waals surface area (Å²) < 4.78 is 27.1. The molecule has 2 N–H and O–H groups in total. The highest BCUT2D eigenvalue weighted by atomic mass is 79.9. The molecule has 0 bridgehead atoms. The molecule has 98 valence electrons. The fourth-order valence-corrected chi connectivity index (χ4v) is 2.72. The smallest absolute Gasteiger partial charge is 0.139 e. The number of hydrogen-bond acceptors (Lipinski definition) is 2. The number of rotatable bonds is 1. The van der Waals surface area contributed by atoms with Gasteiger partial charge in [0.25, 0.3) is 0 Å². The highest BCUT2D eigenvalue weighted by Crippen LogP contribution is 2.39. The van der Waals surface area contributed by atoms with E-state index in [4.69, 9.17) is 5.73 Å². The first kappa shape index (κ1) is 12.4. The van der Waals surface area contributed by atoms with Gasteiger partial charge >= 0.3 is 0 Å². The van der Waals surface area contributed by atoms with E-state index in [2.05, 4.69) is 15.9 Å². The summed E-state index contributed by atoms with van der Waals surface area (Å²) in [4.78, 5) is 1.91. The van der Waals surface area contributed by atoms with Crippen molar-refractivity contribution in [2.75, 3.05) is 17.2 Å². The Bertz CT molecular complexity index is 658. The lowest BCUT2D eigenvalue weighted by molar-refractivity contribution is 0.621. The van der Waals surface area contributed by atoms with Crippen LogP contribution in [0.3, 0.4) is 0 Å². The van der Waals surface area contributed by atoms with E-state index in [-0.39, 0.29) is 5.82 Å². The summed E-state index contributed by atoms with van der Waals surface area (Å²) in [5, 5.41) is 0. The van der Waals surface area contributed by atoms with Crippen molar-refractivity contribution in [2.45, 2.75) is 6.42 Å². The Hall–Kier alpha value is -1.62. The topological polar surface area (TPSA) is 29.3 Å². The second kappa shape index (κ2) is 4.49. The van der Waals surface area contributed by atoms with Gasteiger partial charge in [-0.15, -0.1) is 0 Å². The minimum atomic E-state index is -0.403. The van der Waals surface area contributed by atoms with Gasteiger partial charge in [-0.3, -0.25) is 0 Å². The number of anilines is 3. The van der Waals surface area contributed by atoms with Gasteiger partial charge in [-0.1, -0.05) is 6.07 Å². The van der Waals surface area contributed by atoms with Crippen molar-refractivity contribution in [3.8, 4) is 0 Å². The third kappa shape index (κ3) is 2.08. The monoisotopic (exact) mass is 324 g/mol. The van der Waals surface area contributed by atoms with E-state index in [0.717, 1.165) is 17.7 Å². The maximum absolute atomic E-state index is 13.4. The van der Waals surface area contributed by atoms with E-state index >= 15 is 0 Å². The Morgan fingerprint density at radius 3 is 2.68 bits per heavy atom. The van der Waals surface area contributed by atoms with Gasteiger partial charge in [-0.25, -0.2) is 8.78 Å². The van der Waals surface area contributed by atoms with Crippen molar-refractivity contribution in [3.05, 3.63) is 52.0 Å². The Morgan fingerprint density at radius 1 is 1.11 bits per heavy atom. The predicted molar refractivity (Wildman–Crippen MR) is 75.6 cm³/mol. The van der Waals surface area contributed by atoms with Crippen molar-refractivity contribution < 1.29 is 8.78 Å². The van der Waals surface area contributed by atoms with Crippen molar-refractivity contribution in [1.82, 2.24) is 0 Å². The molecule has 5 heteroatoms. The number of hydrogen-bond donors (Lipinski definition) is 1. The van der Waals surface area contributed by atoms with Crippen molar-refractivity contribution >= 4 is 33.0 Å². The summed E-state index contributed by atoms with van der Waals surface area (Å²) in [6.45, 7) is 0.709. The van der Waals surface area contributed by atoms with Gasteiger partial charge in [0.05, 0.1) is 15.8 Å². The molecule has 0 aromatic heterocycles. The van der Waals surface area contributed by atoms with Gasteiger partial charge in [0.1, 0.15) is 11.6 Å². The molecule has 0 saturated heterocycles. The van der Waals surface area contributed by atoms with Gasteiger partial charge < -0.3 is 10.6 Å². The molecule has 0 aliphatic carbocycles. The Kier molecular flexibility index (Phi) is 2.93. The number of nitrogens with zero attached hydrogens (tertiary/aromatic N) is 1. The van der Waals surface area contributed by atoms with Crippen molar-refractivity contribution in [3.63, 3.8) is 0 Å². The minimum Gasteiger partial charge on any atom is -0.397 e. The van der Waals surface area contributed by atoms with E-state index in [1.807, 2.05) is 4.90 Å². The van der Waals surface area contributed by atoms with E-state index in [1.165, 1.54) is 18.2 Å². The van der Waals surface area contributed by atoms with Crippen molar-refractivity contribution in [1.29, 1.82) is 0 Å². The zero-order valence-corrected chi connectivity index (χ0v) is 11.5. The molecule has 0 atom stereocenters. The number of nitrogen functional groups attached to an aromatic ring is 1. The summed E-state index contributed by atoms with van der Waals surface area (Å²) in [7, 11) is 0. The summed E-state index contributed by atoms with van der Waals surface area (Å²) in [6.07, 6.45) is 0.823. The van der Waals surface area contributed by atoms with Crippen LogP contribution in [0.5, 0.6) is 0 Å². The normalized spacial score (nSPS) is 13.7. The highest BCUT2D eigenvalue weighted by molar-refractivity contribution is 9.10.